The van der Waals surface area contributed by atoms with Crippen molar-refractivity contribution >= 4 is 23.5 Å². The van der Waals surface area contributed by atoms with Crippen LogP contribution in [0.5, 0.6) is 0 Å². The average molecular weight is 353 g/mol. The molecule has 0 radical (unpaired) electrons. The highest BCUT2D eigenvalue weighted by atomic mass is 35.5. The summed E-state index contributed by atoms with van der Waals surface area (Å²) in [6, 6.07) is 7.77. The molecule has 1 aromatic rings. The molecule has 0 saturated carbocycles. The number of hydrogen-bond acceptors (Lipinski definition) is 2. The summed E-state index contributed by atoms with van der Waals surface area (Å²) in [5.74, 6) is 0.801. The summed E-state index contributed by atoms with van der Waals surface area (Å²) >= 11 is 5.93. The summed E-state index contributed by atoms with van der Waals surface area (Å²) in [4.78, 5) is 18.8. The molecule has 134 valence electrons. The Morgan fingerprint density at radius 3 is 2.29 bits per heavy atom. The number of hydrogen-bond donors (Lipinski definition) is 2. The van der Waals surface area contributed by atoms with Crippen LogP contribution in [0.2, 0.25) is 5.02 Å². The van der Waals surface area contributed by atoms with Gasteiger partial charge in [0.25, 0.3) is 0 Å². The Morgan fingerprint density at radius 1 is 1.17 bits per heavy atom. The number of halogens is 1. The molecule has 0 aliphatic heterocycles. The lowest BCUT2D eigenvalue weighted by Crippen LogP contribution is -2.42. The van der Waals surface area contributed by atoms with Crippen LogP contribution in [-0.2, 0) is 11.3 Å². The first-order valence-corrected chi connectivity index (χ1v) is 8.70. The monoisotopic (exact) mass is 352 g/mol. The van der Waals surface area contributed by atoms with Gasteiger partial charge in [-0.2, -0.15) is 0 Å². The van der Waals surface area contributed by atoms with Crippen LogP contribution in [0.3, 0.4) is 0 Å². The van der Waals surface area contributed by atoms with E-state index in [0.29, 0.717) is 19.6 Å². The minimum Gasteiger partial charge on any atom is -0.357 e. The molecule has 2 N–H and O–H groups in total. The van der Waals surface area contributed by atoms with Crippen molar-refractivity contribution < 1.29 is 4.79 Å². The van der Waals surface area contributed by atoms with E-state index in [1.807, 2.05) is 63.9 Å². The summed E-state index contributed by atoms with van der Waals surface area (Å²) in [6.07, 6.45) is 0. The third kappa shape index (κ3) is 6.40. The zero-order valence-electron chi connectivity index (χ0n) is 15.3. The Hall–Kier alpha value is -1.75. The van der Waals surface area contributed by atoms with Gasteiger partial charge in [-0.15, -0.1) is 0 Å². The molecule has 1 rings (SSSR count). The molecule has 6 heteroatoms. The smallest absolute Gasteiger partial charge is 0.227 e. The highest BCUT2D eigenvalue weighted by Crippen LogP contribution is 2.16. The molecular weight excluding hydrogens is 324 g/mol. The van der Waals surface area contributed by atoms with Crippen LogP contribution in [0, 0.1) is 5.41 Å². The van der Waals surface area contributed by atoms with E-state index < -0.39 is 5.41 Å². The van der Waals surface area contributed by atoms with E-state index >= 15 is 0 Å². The number of aliphatic imine (C=N–C) groups is 1. The number of guanidine groups is 1. The summed E-state index contributed by atoms with van der Waals surface area (Å²) in [5, 5.41) is 6.86. The third-order valence-corrected chi connectivity index (χ3v) is 3.86. The van der Waals surface area contributed by atoms with Crippen molar-refractivity contribution in [2.45, 2.75) is 34.2 Å². The van der Waals surface area contributed by atoms with E-state index in [1.54, 1.807) is 0 Å². The number of benzene rings is 1. The van der Waals surface area contributed by atoms with Crippen LogP contribution in [-0.4, -0.2) is 43.4 Å². The Labute approximate surface area is 150 Å². The number of amides is 1. The fourth-order valence-corrected chi connectivity index (χ4v) is 2.28. The lowest BCUT2D eigenvalue weighted by atomic mass is 9.92. The van der Waals surface area contributed by atoms with E-state index in [4.69, 9.17) is 11.6 Å². The predicted octanol–water partition coefficient (Wildman–Crippen LogP) is 2.90. The predicted molar refractivity (Wildman–Crippen MR) is 101 cm³/mol. The van der Waals surface area contributed by atoms with Crippen LogP contribution < -0.4 is 10.6 Å². The number of carbonyl (C=O) groups is 1. The van der Waals surface area contributed by atoms with Gasteiger partial charge in [0.15, 0.2) is 5.96 Å². The van der Waals surface area contributed by atoms with Crippen LogP contribution in [0.4, 0.5) is 0 Å². The first kappa shape index (κ1) is 20.3. The lowest BCUT2D eigenvalue weighted by Gasteiger charge is -2.25. The first-order valence-electron chi connectivity index (χ1n) is 8.32. The van der Waals surface area contributed by atoms with Crippen molar-refractivity contribution in [3.63, 3.8) is 0 Å². The third-order valence-electron chi connectivity index (χ3n) is 3.61. The molecule has 5 nitrogen and oxygen atoms in total. The van der Waals surface area contributed by atoms with E-state index in [2.05, 4.69) is 15.6 Å². The van der Waals surface area contributed by atoms with Crippen LogP contribution in [0.1, 0.15) is 33.3 Å². The average Bonchev–Trinajstić information content (AvgIpc) is 2.53. The van der Waals surface area contributed by atoms with E-state index in [9.17, 15) is 4.79 Å². The Kier molecular flexibility index (Phi) is 8.05. The molecule has 0 atom stereocenters. The standard InChI is InChI=1S/C18H29ClN4O/c1-6-20-16(24)18(3,4)13-22-17(21-7-2)23(5)12-14-8-10-15(19)11-9-14/h8-11H,6-7,12-13H2,1-5H3,(H,20,24)(H,21,22). The molecule has 24 heavy (non-hydrogen) atoms. The largest absolute Gasteiger partial charge is 0.357 e. The maximum absolute atomic E-state index is 12.1. The number of carbonyl (C=O) groups excluding carboxylic acids is 1. The molecule has 0 heterocycles. The molecule has 0 bridgehead atoms. The van der Waals surface area contributed by atoms with Gasteiger partial charge in [-0.05, 0) is 45.4 Å². The Bertz CT molecular complexity index is 555. The van der Waals surface area contributed by atoms with Gasteiger partial charge >= 0.3 is 0 Å². The zero-order valence-corrected chi connectivity index (χ0v) is 16.1. The van der Waals surface area contributed by atoms with E-state index in [-0.39, 0.29) is 5.91 Å². The molecular formula is C18H29ClN4O. The molecule has 0 saturated heterocycles. The molecule has 1 amide bonds. The fraction of sp³-hybridized carbons (Fsp3) is 0.556. The summed E-state index contributed by atoms with van der Waals surface area (Å²) in [5.41, 5.74) is 0.605. The van der Waals surface area contributed by atoms with Crippen molar-refractivity contribution in [1.82, 2.24) is 15.5 Å². The molecule has 0 spiro atoms. The lowest BCUT2D eigenvalue weighted by molar-refractivity contribution is -0.128. The summed E-state index contributed by atoms with van der Waals surface area (Å²) in [6.45, 7) is 10.3. The Morgan fingerprint density at radius 2 is 1.75 bits per heavy atom. The molecule has 0 aliphatic rings. The normalized spacial score (nSPS) is 12.0. The second-order valence-corrected chi connectivity index (χ2v) is 6.83. The Balaban J connectivity index is 2.80. The molecule has 0 unspecified atom stereocenters. The maximum atomic E-state index is 12.1. The second kappa shape index (κ2) is 9.52. The van der Waals surface area contributed by atoms with Gasteiger partial charge in [0.1, 0.15) is 0 Å². The van der Waals surface area contributed by atoms with Gasteiger partial charge in [0.05, 0.1) is 12.0 Å². The molecule has 1 aromatic carbocycles. The first-order chi connectivity index (χ1) is 11.3. The topological polar surface area (TPSA) is 56.7 Å². The van der Waals surface area contributed by atoms with Gasteiger partial charge in [-0.3, -0.25) is 9.79 Å². The quantitative estimate of drug-likeness (QED) is 0.586. The van der Waals surface area contributed by atoms with Gasteiger partial charge in [0, 0.05) is 31.7 Å². The maximum Gasteiger partial charge on any atom is 0.227 e. The van der Waals surface area contributed by atoms with Crippen LogP contribution >= 0.6 is 11.6 Å². The van der Waals surface area contributed by atoms with Crippen molar-refractivity contribution in [2.24, 2.45) is 10.4 Å². The van der Waals surface area contributed by atoms with Crippen LogP contribution in [0.25, 0.3) is 0 Å². The van der Waals surface area contributed by atoms with Gasteiger partial charge in [-0.1, -0.05) is 23.7 Å². The number of nitrogens with one attached hydrogen (secondary N) is 2. The van der Waals surface area contributed by atoms with Gasteiger partial charge in [-0.25, -0.2) is 0 Å². The minimum atomic E-state index is -0.544. The minimum absolute atomic E-state index is 0.0185. The number of rotatable bonds is 7. The van der Waals surface area contributed by atoms with Crippen LogP contribution in [0.15, 0.2) is 29.3 Å². The fourth-order valence-electron chi connectivity index (χ4n) is 2.15. The highest BCUT2D eigenvalue weighted by molar-refractivity contribution is 6.30. The van der Waals surface area contributed by atoms with E-state index in [1.165, 1.54) is 0 Å². The van der Waals surface area contributed by atoms with Gasteiger partial charge in [0.2, 0.25) is 5.91 Å². The summed E-state index contributed by atoms with van der Waals surface area (Å²) in [7, 11) is 1.98. The van der Waals surface area contributed by atoms with Crippen molar-refractivity contribution in [3.05, 3.63) is 34.9 Å². The second-order valence-electron chi connectivity index (χ2n) is 6.40. The SMILES string of the molecule is CCNC(=O)C(C)(C)CN=C(NCC)N(C)Cc1ccc(Cl)cc1. The summed E-state index contributed by atoms with van der Waals surface area (Å²) < 4.78 is 0. The highest BCUT2D eigenvalue weighted by Gasteiger charge is 2.27. The van der Waals surface area contributed by atoms with Crippen molar-refractivity contribution in [3.8, 4) is 0 Å². The molecule has 0 aromatic heterocycles. The van der Waals surface area contributed by atoms with E-state index in [0.717, 1.165) is 23.1 Å². The number of nitrogens with zero attached hydrogens (tertiary/aromatic N) is 2. The molecule has 0 fully saturated rings. The van der Waals surface area contributed by atoms with Crippen molar-refractivity contribution in [1.29, 1.82) is 0 Å². The van der Waals surface area contributed by atoms with Gasteiger partial charge < -0.3 is 15.5 Å². The molecule has 0 aliphatic carbocycles. The van der Waals surface area contributed by atoms with Crippen molar-refractivity contribution in [2.75, 3.05) is 26.7 Å². The zero-order chi connectivity index (χ0) is 18.2.